The molecule has 0 aliphatic rings. The number of carbonyl (C=O) groups is 2. The summed E-state index contributed by atoms with van der Waals surface area (Å²) in [4.78, 5) is 25.1. The second kappa shape index (κ2) is 12.9. The van der Waals surface area contributed by atoms with Gasteiger partial charge in [-0.05, 0) is 38.3 Å². The Kier molecular flexibility index (Phi) is 10.9. The van der Waals surface area contributed by atoms with Crippen LogP contribution in [0.5, 0.6) is 0 Å². The molecule has 1 rings (SSSR count). The van der Waals surface area contributed by atoms with Gasteiger partial charge in [-0.15, -0.1) is 0 Å². The summed E-state index contributed by atoms with van der Waals surface area (Å²) in [6.07, 6.45) is 2.81. The average molecular weight is 427 g/mol. The molecule has 2 amide bonds. The molecule has 1 unspecified atom stereocenters. The summed E-state index contributed by atoms with van der Waals surface area (Å²) in [5.74, 6) is 2.39. The molecule has 30 heavy (non-hydrogen) atoms. The van der Waals surface area contributed by atoms with Crippen molar-refractivity contribution in [3.8, 4) is 0 Å². The molecule has 0 aliphatic carbocycles. The molecule has 5 N–H and O–H groups in total. The fourth-order valence-electron chi connectivity index (χ4n) is 2.53. The molecule has 1 aromatic carbocycles. The first kappa shape index (κ1) is 25.4. The number of hydrogen-bond donors (Lipinski definition) is 3. The van der Waals surface area contributed by atoms with Crippen LogP contribution in [0.1, 0.15) is 39.0 Å². The van der Waals surface area contributed by atoms with Gasteiger partial charge in [-0.3, -0.25) is 9.59 Å². The van der Waals surface area contributed by atoms with Crippen LogP contribution in [0.15, 0.2) is 35.4 Å². The molecule has 0 aliphatic heterocycles. The molecule has 0 heterocycles. The molecule has 0 spiro atoms. The van der Waals surface area contributed by atoms with Crippen LogP contribution in [0.3, 0.4) is 0 Å². The van der Waals surface area contributed by atoms with Gasteiger partial charge in [-0.25, -0.2) is 14.6 Å². The molecule has 0 saturated carbocycles. The molecule has 0 bridgehead atoms. The van der Waals surface area contributed by atoms with Crippen molar-refractivity contribution in [2.24, 2.45) is 16.7 Å². The van der Waals surface area contributed by atoms with Crippen LogP contribution >= 0.6 is 0 Å². The summed E-state index contributed by atoms with van der Waals surface area (Å²) in [7, 11) is 1.47. The van der Waals surface area contributed by atoms with E-state index in [2.05, 4.69) is 10.4 Å². The Morgan fingerprint density at radius 2 is 1.93 bits per heavy atom. The summed E-state index contributed by atoms with van der Waals surface area (Å²) >= 11 is 0. The van der Waals surface area contributed by atoms with E-state index in [1.807, 2.05) is 18.2 Å². The summed E-state index contributed by atoms with van der Waals surface area (Å²) in [6.45, 7) is 1.22. The highest BCUT2D eigenvalue weighted by atomic mass is 19.3. The summed E-state index contributed by atoms with van der Waals surface area (Å²) in [6, 6.07) is 8.38. The van der Waals surface area contributed by atoms with E-state index in [9.17, 15) is 18.4 Å². The van der Waals surface area contributed by atoms with Gasteiger partial charge in [-0.2, -0.15) is 10.2 Å². The molecule has 1 atom stereocenters. The highest BCUT2D eigenvalue weighted by Crippen LogP contribution is 2.17. The molecule has 1 aromatic rings. The quantitative estimate of drug-likeness (QED) is 0.193. The molecule has 0 aromatic heterocycles. The number of likely N-dealkylation sites (N-methyl/N-ethyl adjacent to an activating group) is 1. The lowest BCUT2D eigenvalue weighted by Crippen LogP contribution is -2.43. The zero-order valence-electron chi connectivity index (χ0n) is 17.6. The van der Waals surface area contributed by atoms with Crippen LogP contribution in [0, 0.1) is 0 Å². The van der Waals surface area contributed by atoms with Crippen molar-refractivity contribution < 1.29 is 18.4 Å². The van der Waals surface area contributed by atoms with E-state index in [1.54, 1.807) is 12.1 Å². The van der Waals surface area contributed by atoms with Crippen LogP contribution in [-0.2, 0) is 9.59 Å². The first-order chi connectivity index (χ1) is 14.1. The monoisotopic (exact) mass is 426 g/mol. The number of unbranched alkanes of at least 4 members (excludes halogenated alkanes) is 1. The van der Waals surface area contributed by atoms with E-state index >= 15 is 0 Å². The first-order valence-electron chi connectivity index (χ1n) is 9.87. The minimum Gasteiger partial charge on any atom is -0.356 e. The Bertz CT molecular complexity index is 682. The summed E-state index contributed by atoms with van der Waals surface area (Å²) in [5.41, 5.74) is 6.54. The van der Waals surface area contributed by atoms with Crippen molar-refractivity contribution in [2.45, 2.75) is 51.0 Å². The van der Waals surface area contributed by atoms with Gasteiger partial charge < -0.3 is 16.0 Å². The van der Waals surface area contributed by atoms with E-state index in [1.165, 1.54) is 23.3 Å². The maximum Gasteiger partial charge on any atom is 0.247 e. The Morgan fingerprint density at radius 1 is 1.27 bits per heavy atom. The number of alkyl halides is 2. The van der Waals surface area contributed by atoms with Crippen molar-refractivity contribution in [2.75, 3.05) is 25.3 Å². The van der Waals surface area contributed by atoms with E-state index in [0.717, 1.165) is 6.92 Å². The van der Waals surface area contributed by atoms with Crippen molar-refractivity contribution in [1.82, 2.24) is 10.2 Å². The van der Waals surface area contributed by atoms with Gasteiger partial charge in [0.15, 0.2) is 0 Å². The van der Waals surface area contributed by atoms with Gasteiger partial charge in [0.05, 0.1) is 18.2 Å². The third kappa shape index (κ3) is 10.8. The SMILES string of the molecule is CN(CCC(C)(F)F)C(=O)C(N)CCCCNC(=O)C/C=N\N(N)c1ccccc1. The number of nitrogens with one attached hydrogen (secondary N) is 1. The molecule has 8 nitrogen and oxygen atoms in total. The fourth-order valence-corrected chi connectivity index (χ4v) is 2.53. The van der Waals surface area contributed by atoms with Gasteiger partial charge in [0.2, 0.25) is 17.7 Å². The van der Waals surface area contributed by atoms with Crippen molar-refractivity contribution >= 4 is 23.7 Å². The molecule has 0 fully saturated rings. The number of halogens is 2. The van der Waals surface area contributed by atoms with Gasteiger partial charge in [0.1, 0.15) is 0 Å². The zero-order chi connectivity index (χ0) is 22.6. The van der Waals surface area contributed by atoms with E-state index in [4.69, 9.17) is 11.6 Å². The lowest BCUT2D eigenvalue weighted by molar-refractivity contribution is -0.132. The average Bonchev–Trinajstić information content (AvgIpc) is 2.71. The second-order valence-electron chi connectivity index (χ2n) is 7.21. The number of nitrogens with two attached hydrogens (primary N) is 2. The normalized spacial score (nSPS) is 12.6. The van der Waals surface area contributed by atoms with E-state index in [0.29, 0.717) is 31.5 Å². The topological polar surface area (TPSA) is 117 Å². The Hall–Kier alpha value is -2.59. The molecule has 168 valence electrons. The molecule has 0 saturated heterocycles. The summed E-state index contributed by atoms with van der Waals surface area (Å²) < 4.78 is 25.7. The number of anilines is 1. The molecular formula is C20H32F2N6O2. The fraction of sp³-hybridized carbons (Fsp3) is 0.550. The predicted octanol–water partition coefficient (Wildman–Crippen LogP) is 1.86. The van der Waals surface area contributed by atoms with E-state index in [-0.39, 0.29) is 24.8 Å². The number of hydrogen-bond acceptors (Lipinski definition) is 6. The van der Waals surface area contributed by atoms with Gasteiger partial charge in [-0.1, -0.05) is 18.2 Å². The number of carbonyl (C=O) groups excluding carboxylic acids is 2. The second-order valence-corrected chi connectivity index (χ2v) is 7.21. The lowest BCUT2D eigenvalue weighted by Gasteiger charge is -2.22. The third-order valence-corrected chi connectivity index (χ3v) is 4.35. The van der Waals surface area contributed by atoms with Crippen LogP contribution in [0.2, 0.25) is 0 Å². The van der Waals surface area contributed by atoms with Crippen molar-refractivity contribution in [3.63, 3.8) is 0 Å². The lowest BCUT2D eigenvalue weighted by atomic mass is 10.1. The minimum atomic E-state index is -2.81. The maximum atomic E-state index is 12.9. The highest BCUT2D eigenvalue weighted by molar-refractivity contribution is 5.89. The van der Waals surface area contributed by atoms with Crippen molar-refractivity contribution in [3.05, 3.63) is 30.3 Å². The molecule has 10 heteroatoms. The van der Waals surface area contributed by atoms with Gasteiger partial charge in [0.25, 0.3) is 0 Å². The highest BCUT2D eigenvalue weighted by Gasteiger charge is 2.24. The van der Waals surface area contributed by atoms with Gasteiger partial charge in [0, 0.05) is 32.8 Å². The van der Waals surface area contributed by atoms with Crippen LogP contribution in [0.25, 0.3) is 0 Å². The number of amides is 2. The minimum absolute atomic E-state index is 0.0435. The molecular weight excluding hydrogens is 394 g/mol. The van der Waals surface area contributed by atoms with Crippen LogP contribution < -0.4 is 22.0 Å². The molecule has 0 radical (unpaired) electrons. The standard InChI is InChI=1S/C20H32F2N6O2/c1-20(21,22)12-15-27(2)19(30)17(23)10-6-7-13-25-18(29)11-14-26-28(24)16-8-4-3-5-9-16/h3-5,8-9,14,17H,6-7,10-13,15,23-24H2,1-2H3,(H,25,29)/b26-14-. The predicted molar refractivity (Wildman–Crippen MR) is 114 cm³/mol. The maximum absolute atomic E-state index is 12.9. The van der Waals surface area contributed by atoms with Crippen LogP contribution in [0.4, 0.5) is 14.5 Å². The third-order valence-electron chi connectivity index (χ3n) is 4.35. The number of para-hydroxylation sites is 1. The van der Waals surface area contributed by atoms with E-state index < -0.39 is 18.4 Å². The Morgan fingerprint density at radius 3 is 2.57 bits per heavy atom. The number of benzene rings is 1. The smallest absolute Gasteiger partial charge is 0.247 e. The van der Waals surface area contributed by atoms with Crippen molar-refractivity contribution in [1.29, 1.82) is 0 Å². The van der Waals surface area contributed by atoms with Crippen LogP contribution in [-0.4, -0.2) is 55.0 Å². The zero-order valence-corrected chi connectivity index (χ0v) is 17.6. The summed E-state index contributed by atoms with van der Waals surface area (Å²) in [5, 5.41) is 7.92. The Balaban J connectivity index is 2.17. The number of hydrazine groups is 1. The Labute approximate surface area is 176 Å². The number of nitrogens with zero attached hydrogens (tertiary/aromatic N) is 3. The largest absolute Gasteiger partial charge is 0.356 e. The number of rotatable bonds is 13. The first-order valence-corrected chi connectivity index (χ1v) is 9.87. The number of hydrazone groups is 1. The van der Waals surface area contributed by atoms with Gasteiger partial charge >= 0.3 is 0 Å².